The molecule has 2 N–H and O–H groups in total. The van der Waals surface area contributed by atoms with Crippen molar-refractivity contribution in [1.29, 1.82) is 0 Å². The zero-order chi connectivity index (χ0) is 23.2. The summed E-state index contributed by atoms with van der Waals surface area (Å²) in [5.41, 5.74) is 2.30. The van der Waals surface area contributed by atoms with Crippen molar-refractivity contribution in [3.63, 3.8) is 0 Å². The molecule has 0 spiro atoms. The zero-order valence-electron chi connectivity index (χ0n) is 16.9. The molecule has 2 aromatic carbocycles. The predicted octanol–water partition coefficient (Wildman–Crippen LogP) is 3.04. The highest BCUT2D eigenvalue weighted by Gasteiger charge is 2.39. The Hall–Kier alpha value is -4.42. The molecule has 4 aromatic rings. The lowest BCUT2D eigenvalue weighted by Crippen LogP contribution is -2.20. The number of rotatable bonds is 4. The Labute approximate surface area is 183 Å². The first-order valence-corrected chi connectivity index (χ1v) is 9.57. The first-order valence-electron chi connectivity index (χ1n) is 9.57. The van der Waals surface area contributed by atoms with E-state index in [4.69, 9.17) is 4.74 Å². The van der Waals surface area contributed by atoms with E-state index >= 15 is 0 Å². The fourth-order valence-electron chi connectivity index (χ4n) is 3.51. The van der Waals surface area contributed by atoms with Crippen LogP contribution in [0.4, 0.5) is 19.1 Å². The van der Waals surface area contributed by atoms with Crippen molar-refractivity contribution in [1.82, 2.24) is 35.0 Å². The van der Waals surface area contributed by atoms with E-state index in [1.165, 1.54) is 30.3 Å². The van der Waals surface area contributed by atoms with Crippen LogP contribution in [0.3, 0.4) is 0 Å². The number of aromatic hydroxyl groups is 1. The average Bonchev–Trinajstić information content (AvgIpc) is 3.48. The number of nitrogens with one attached hydrogen (secondary N) is 1. The molecule has 10 nitrogen and oxygen atoms in total. The first kappa shape index (κ1) is 20.5. The molecule has 0 bridgehead atoms. The summed E-state index contributed by atoms with van der Waals surface area (Å²) in [5.74, 6) is -1.28. The minimum Gasteiger partial charge on any atom is -0.504 e. The van der Waals surface area contributed by atoms with Crippen molar-refractivity contribution in [2.24, 2.45) is 0 Å². The number of ether oxygens (including phenoxy) is 1. The molecule has 1 atom stereocenters. The molecule has 0 unspecified atom stereocenters. The number of methoxy groups -OCH3 is 1. The molecule has 2 aromatic heterocycles. The monoisotopic (exact) mass is 456 g/mol. The number of allylic oxidation sites excluding steroid dienone is 1. The van der Waals surface area contributed by atoms with Crippen molar-refractivity contribution < 1.29 is 23.0 Å². The SMILES string of the molecule is COc1ccc([C@H]2C=C(c3cccc(-n4cnnn4)c3)Nc3nc(C(F)(F)F)nn32)cc1O. The maximum Gasteiger partial charge on any atom is 0.453 e. The highest BCUT2D eigenvalue weighted by Crippen LogP contribution is 2.38. The molecule has 0 saturated heterocycles. The Kier molecular flexibility index (Phi) is 4.73. The number of fused-ring (bicyclic) bond motifs is 1. The van der Waals surface area contributed by atoms with Gasteiger partial charge < -0.3 is 15.2 Å². The third-order valence-electron chi connectivity index (χ3n) is 5.03. The highest BCUT2D eigenvalue weighted by molar-refractivity contribution is 5.78. The molecular formula is C20H15F3N8O2. The minimum atomic E-state index is -4.72. The van der Waals surface area contributed by atoms with Crippen molar-refractivity contribution >= 4 is 11.6 Å². The predicted molar refractivity (Wildman–Crippen MR) is 109 cm³/mol. The van der Waals surface area contributed by atoms with Gasteiger partial charge >= 0.3 is 6.18 Å². The molecule has 0 radical (unpaired) electrons. The molecule has 0 amide bonds. The molecule has 0 fully saturated rings. The third kappa shape index (κ3) is 3.73. The molecule has 1 aliphatic rings. The van der Waals surface area contributed by atoms with Crippen LogP contribution < -0.4 is 10.1 Å². The standard InChI is InChI=1S/C20H15F3N8O2/c1-33-17-6-5-12(8-16(17)32)15-9-14(25-19-26-18(20(21,22)23)27-31(15)19)11-3-2-4-13(7-11)30-10-24-28-29-30/h2-10,15,32H,1H3,(H,25,26,27)/t15-/m1/s1. The Bertz CT molecular complexity index is 1350. The fourth-order valence-corrected chi connectivity index (χ4v) is 3.51. The van der Waals surface area contributed by atoms with Gasteiger partial charge in [-0.2, -0.15) is 18.2 Å². The zero-order valence-corrected chi connectivity index (χ0v) is 16.9. The van der Waals surface area contributed by atoms with Gasteiger partial charge in [0.2, 0.25) is 5.95 Å². The topological polar surface area (TPSA) is 116 Å². The summed E-state index contributed by atoms with van der Waals surface area (Å²) in [5, 5.41) is 27.9. The van der Waals surface area contributed by atoms with Crippen LogP contribution in [0.2, 0.25) is 0 Å². The van der Waals surface area contributed by atoms with Crippen LogP contribution >= 0.6 is 0 Å². The number of nitrogens with zero attached hydrogens (tertiary/aromatic N) is 7. The fraction of sp³-hybridized carbons (Fsp3) is 0.150. The Morgan fingerprint density at radius 1 is 1.15 bits per heavy atom. The number of tetrazole rings is 1. The average molecular weight is 456 g/mol. The van der Waals surface area contributed by atoms with Gasteiger partial charge in [-0.1, -0.05) is 18.2 Å². The summed E-state index contributed by atoms with van der Waals surface area (Å²) < 4.78 is 47.6. The second kappa shape index (κ2) is 7.62. The van der Waals surface area contributed by atoms with Crippen LogP contribution in [0, 0.1) is 0 Å². The van der Waals surface area contributed by atoms with Gasteiger partial charge in [-0.05, 0) is 51.9 Å². The van der Waals surface area contributed by atoms with Gasteiger partial charge in [0.25, 0.3) is 5.82 Å². The molecule has 13 heteroatoms. The number of phenols is 1. The molecule has 3 heterocycles. The van der Waals surface area contributed by atoms with Crippen LogP contribution in [-0.2, 0) is 6.18 Å². The maximum absolute atomic E-state index is 13.3. The quantitative estimate of drug-likeness (QED) is 0.482. The second-order valence-electron chi connectivity index (χ2n) is 7.09. The number of benzene rings is 2. The van der Waals surface area contributed by atoms with Crippen LogP contribution in [0.25, 0.3) is 11.4 Å². The molecule has 0 aliphatic carbocycles. The van der Waals surface area contributed by atoms with Gasteiger partial charge in [0.1, 0.15) is 12.4 Å². The van der Waals surface area contributed by atoms with E-state index in [1.54, 1.807) is 36.4 Å². The molecule has 5 rings (SSSR count). The Balaban J connectivity index is 1.62. The summed E-state index contributed by atoms with van der Waals surface area (Å²) in [6.45, 7) is 0. The number of phenolic OH excluding ortho intramolecular Hbond substituents is 1. The number of hydrogen-bond donors (Lipinski definition) is 2. The van der Waals surface area contributed by atoms with Gasteiger partial charge in [0.05, 0.1) is 12.8 Å². The summed E-state index contributed by atoms with van der Waals surface area (Å²) >= 11 is 0. The summed E-state index contributed by atoms with van der Waals surface area (Å²) in [7, 11) is 1.40. The van der Waals surface area contributed by atoms with E-state index in [0.29, 0.717) is 22.5 Å². The van der Waals surface area contributed by atoms with E-state index in [1.807, 2.05) is 0 Å². The number of aromatic nitrogens is 7. The first-order chi connectivity index (χ1) is 15.8. The summed E-state index contributed by atoms with van der Waals surface area (Å²) in [6, 6.07) is 10.9. The van der Waals surface area contributed by atoms with Crippen molar-refractivity contribution in [2.75, 3.05) is 12.4 Å². The third-order valence-corrected chi connectivity index (χ3v) is 5.03. The van der Waals surface area contributed by atoms with E-state index < -0.39 is 18.0 Å². The van der Waals surface area contributed by atoms with E-state index in [-0.39, 0.29) is 17.4 Å². The lowest BCUT2D eigenvalue weighted by Gasteiger charge is -2.24. The lowest BCUT2D eigenvalue weighted by molar-refractivity contribution is -0.145. The highest BCUT2D eigenvalue weighted by atomic mass is 19.4. The number of hydrogen-bond acceptors (Lipinski definition) is 8. The van der Waals surface area contributed by atoms with Gasteiger partial charge in [0.15, 0.2) is 11.5 Å². The summed E-state index contributed by atoms with van der Waals surface area (Å²) in [6.07, 6.45) is -1.60. The largest absolute Gasteiger partial charge is 0.504 e. The van der Waals surface area contributed by atoms with Crippen molar-refractivity contribution in [3.8, 4) is 17.2 Å². The number of alkyl halides is 3. The maximum atomic E-state index is 13.3. The summed E-state index contributed by atoms with van der Waals surface area (Å²) in [4.78, 5) is 3.65. The van der Waals surface area contributed by atoms with E-state index in [2.05, 4.69) is 30.9 Å². The van der Waals surface area contributed by atoms with Crippen LogP contribution in [0.15, 0.2) is 54.9 Å². The molecule has 1 aliphatic heterocycles. The second-order valence-corrected chi connectivity index (χ2v) is 7.09. The number of anilines is 1. The van der Waals surface area contributed by atoms with Crippen molar-refractivity contribution in [3.05, 3.63) is 71.8 Å². The Morgan fingerprint density at radius 2 is 2.00 bits per heavy atom. The Morgan fingerprint density at radius 3 is 2.70 bits per heavy atom. The molecule has 33 heavy (non-hydrogen) atoms. The normalized spacial score (nSPS) is 15.5. The van der Waals surface area contributed by atoms with Crippen LogP contribution in [0.1, 0.15) is 23.0 Å². The minimum absolute atomic E-state index is 0.0899. The number of halogens is 3. The van der Waals surface area contributed by atoms with Gasteiger partial charge in [-0.15, -0.1) is 10.2 Å². The van der Waals surface area contributed by atoms with Gasteiger partial charge in [-0.3, -0.25) is 0 Å². The molecule has 0 saturated carbocycles. The van der Waals surface area contributed by atoms with Crippen molar-refractivity contribution in [2.45, 2.75) is 12.2 Å². The van der Waals surface area contributed by atoms with E-state index in [9.17, 15) is 18.3 Å². The smallest absolute Gasteiger partial charge is 0.453 e. The molecule has 168 valence electrons. The lowest BCUT2D eigenvalue weighted by atomic mass is 10.0. The van der Waals surface area contributed by atoms with Crippen LogP contribution in [0.5, 0.6) is 11.5 Å². The van der Waals surface area contributed by atoms with E-state index in [0.717, 1.165) is 4.68 Å². The van der Waals surface area contributed by atoms with Crippen LogP contribution in [-0.4, -0.2) is 47.2 Å². The van der Waals surface area contributed by atoms with Gasteiger partial charge in [-0.25, -0.2) is 9.36 Å². The van der Waals surface area contributed by atoms with Gasteiger partial charge in [0, 0.05) is 5.70 Å². The molecular weight excluding hydrogens is 441 g/mol.